The van der Waals surface area contributed by atoms with E-state index in [0.717, 1.165) is 54.3 Å². The number of ether oxygens (including phenoxy) is 1. The average molecular weight is 420 g/mol. The lowest BCUT2D eigenvalue weighted by Gasteiger charge is -2.24. The van der Waals surface area contributed by atoms with E-state index in [1.807, 2.05) is 30.3 Å². The van der Waals surface area contributed by atoms with Crippen LogP contribution in [0.4, 0.5) is 22.9 Å². The Morgan fingerprint density at radius 1 is 1.13 bits per heavy atom. The number of rotatable bonds is 4. The van der Waals surface area contributed by atoms with Crippen LogP contribution in [0.2, 0.25) is 0 Å². The number of nitrogen functional groups attached to an aromatic ring is 1. The van der Waals surface area contributed by atoms with E-state index < -0.39 is 0 Å². The molecule has 3 aromatic rings. The fourth-order valence-corrected chi connectivity index (χ4v) is 3.89. The van der Waals surface area contributed by atoms with Crippen molar-refractivity contribution in [3.8, 4) is 11.3 Å². The molecule has 1 aliphatic rings. The molecule has 7 heteroatoms. The molecule has 7 nitrogen and oxygen atoms in total. The maximum absolute atomic E-state index is 12.7. The van der Waals surface area contributed by atoms with E-state index in [0.29, 0.717) is 12.3 Å². The molecule has 0 aliphatic carbocycles. The molecule has 2 aromatic carbocycles. The Bertz CT molecular complexity index is 1150. The van der Waals surface area contributed by atoms with Crippen LogP contribution in [0.25, 0.3) is 11.3 Å². The van der Waals surface area contributed by atoms with Crippen molar-refractivity contribution in [2.24, 2.45) is 7.05 Å². The normalized spacial score (nSPS) is 14.4. The van der Waals surface area contributed by atoms with Gasteiger partial charge in [0.05, 0.1) is 23.7 Å². The van der Waals surface area contributed by atoms with Crippen LogP contribution >= 0.6 is 0 Å². The van der Waals surface area contributed by atoms with E-state index in [9.17, 15) is 4.79 Å². The van der Waals surface area contributed by atoms with Crippen molar-refractivity contribution in [2.45, 2.75) is 20.3 Å². The summed E-state index contributed by atoms with van der Waals surface area (Å²) in [6.45, 7) is 7.35. The molecule has 0 spiro atoms. The maximum Gasteiger partial charge on any atom is 0.293 e. The van der Waals surface area contributed by atoms with E-state index in [1.54, 1.807) is 17.8 Å². The number of nitrogens with two attached hydrogens (primary N) is 1. The van der Waals surface area contributed by atoms with Gasteiger partial charge in [-0.15, -0.1) is 0 Å². The molecule has 31 heavy (non-hydrogen) atoms. The van der Waals surface area contributed by atoms with Gasteiger partial charge in [0.25, 0.3) is 5.56 Å². The summed E-state index contributed by atoms with van der Waals surface area (Å²) in [4.78, 5) is 19.6. The SMILES string of the molecule is Cc1cccc(-c2cn(C)c(=O)c(Nc3ccc(N4CCCOCC4)c(N)c3)n2)c1C. The third-order valence-corrected chi connectivity index (χ3v) is 5.80. The third-order valence-electron chi connectivity index (χ3n) is 5.80. The first kappa shape index (κ1) is 20.9. The molecule has 162 valence electrons. The first-order valence-corrected chi connectivity index (χ1v) is 10.6. The molecule has 1 fully saturated rings. The number of nitrogens with zero attached hydrogens (tertiary/aromatic N) is 3. The van der Waals surface area contributed by atoms with Gasteiger partial charge < -0.3 is 25.3 Å². The Balaban J connectivity index is 1.65. The summed E-state index contributed by atoms with van der Waals surface area (Å²) in [6, 6.07) is 11.9. The van der Waals surface area contributed by atoms with Crippen LogP contribution in [-0.4, -0.2) is 35.9 Å². The predicted molar refractivity (Wildman–Crippen MR) is 126 cm³/mol. The molecule has 0 bridgehead atoms. The Hall–Kier alpha value is -3.32. The second-order valence-corrected chi connectivity index (χ2v) is 7.99. The summed E-state index contributed by atoms with van der Waals surface area (Å²) < 4.78 is 7.09. The molecular weight excluding hydrogens is 390 g/mol. The Labute approximate surface area is 182 Å². The lowest BCUT2D eigenvalue weighted by molar-refractivity contribution is 0.152. The van der Waals surface area contributed by atoms with Gasteiger partial charge in [0.1, 0.15) is 0 Å². The number of aryl methyl sites for hydroxylation is 2. The van der Waals surface area contributed by atoms with Crippen LogP contribution < -0.4 is 21.5 Å². The Morgan fingerprint density at radius 2 is 1.97 bits per heavy atom. The van der Waals surface area contributed by atoms with Crippen molar-refractivity contribution in [3.05, 3.63) is 64.1 Å². The van der Waals surface area contributed by atoms with E-state index in [-0.39, 0.29) is 11.4 Å². The van der Waals surface area contributed by atoms with Crippen LogP contribution in [0.15, 0.2) is 47.4 Å². The summed E-state index contributed by atoms with van der Waals surface area (Å²) in [5.41, 5.74) is 12.6. The Morgan fingerprint density at radius 3 is 2.77 bits per heavy atom. The number of hydrogen-bond donors (Lipinski definition) is 2. The quantitative estimate of drug-likeness (QED) is 0.629. The molecule has 0 atom stereocenters. The maximum atomic E-state index is 12.7. The van der Waals surface area contributed by atoms with Crippen LogP contribution in [-0.2, 0) is 11.8 Å². The Kier molecular flexibility index (Phi) is 5.95. The van der Waals surface area contributed by atoms with Crippen LogP contribution in [0, 0.1) is 13.8 Å². The molecule has 1 saturated heterocycles. The smallest absolute Gasteiger partial charge is 0.293 e. The van der Waals surface area contributed by atoms with Gasteiger partial charge in [-0.05, 0) is 49.6 Å². The van der Waals surface area contributed by atoms with Crippen molar-refractivity contribution in [1.82, 2.24) is 9.55 Å². The van der Waals surface area contributed by atoms with Crippen molar-refractivity contribution in [2.75, 3.05) is 42.3 Å². The zero-order valence-corrected chi connectivity index (χ0v) is 18.3. The fourth-order valence-electron chi connectivity index (χ4n) is 3.89. The van der Waals surface area contributed by atoms with Crippen molar-refractivity contribution >= 4 is 22.9 Å². The third kappa shape index (κ3) is 4.41. The zero-order chi connectivity index (χ0) is 22.0. The van der Waals surface area contributed by atoms with Gasteiger partial charge in [-0.1, -0.05) is 18.2 Å². The first-order chi connectivity index (χ1) is 14.9. The van der Waals surface area contributed by atoms with E-state index in [1.165, 1.54) is 5.56 Å². The minimum absolute atomic E-state index is 0.193. The molecule has 0 amide bonds. The molecule has 2 heterocycles. The van der Waals surface area contributed by atoms with Crippen molar-refractivity contribution < 1.29 is 4.74 Å². The second kappa shape index (κ2) is 8.81. The second-order valence-electron chi connectivity index (χ2n) is 7.99. The van der Waals surface area contributed by atoms with Crippen LogP contribution in [0.1, 0.15) is 17.5 Å². The molecule has 4 rings (SSSR count). The van der Waals surface area contributed by atoms with Crippen molar-refractivity contribution in [1.29, 1.82) is 0 Å². The highest BCUT2D eigenvalue weighted by atomic mass is 16.5. The van der Waals surface area contributed by atoms with Gasteiger partial charge in [-0.3, -0.25) is 4.79 Å². The predicted octanol–water partition coefficient (Wildman–Crippen LogP) is 3.62. The summed E-state index contributed by atoms with van der Waals surface area (Å²) >= 11 is 0. The highest BCUT2D eigenvalue weighted by Gasteiger charge is 2.15. The lowest BCUT2D eigenvalue weighted by atomic mass is 10.0. The minimum atomic E-state index is -0.193. The summed E-state index contributed by atoms with van der Waals surface area (Å²) in [7, 11) is 1.74. The lowest BCUT2D eigenvalue weighted by Crippen LogP contribution is -2.26. The first-order valence-electron chi connectivity index (χ1n) is 10.6. The van der Waals surface area contributed by atoms with Crippen LogP contribution in [0.5, 0.6) is 0 Å². The molecule has 3 N–H and O–H groups in total. The van der Waals surface area contributed by atoms with E-state index in [4.69, 9.17) is 10.5 Å². The van der Waals surface area contributed by atoms with Crippen LogP contribution in [0.3, 0.4) is 0 Å². The number of hydrogen-bond acceptors (Lipinski definition) is 6. The van der Waals surface area contributed by atoms with Gasteiger partial charge in [0.15, 0.2) is 5.82 Å². The average Bonchev–Trinajstić information content (AvgIpc) is 3.03. The monoisotopic (exact) mass is 419 g/mol. The van der Waals surface area contributed by atoms with Crippen molar-refractivity contribution in [3.63, 3.8) is 0 Å². The number of aromatic nitrogens is 2. The van der Waals surface area contributed by atoms with Gasteiger partial charge in [-0.2, -0.15) is 0 Å². The van der Waals surface area contributed by atoms with E-state index in [2.05, 4.69) is 35.1 Å². The van der Waals surface area contributed by atoms with E-state index >= 15 is 0 Å². The largest absolute Gasteiger partial charge is 0.397 e. The highest BCUT2D eigenvalue weighted by Crippen LogP contribution is 2.29. The summed E-state index contributed by atoms with van der Waals surface area (Å²) in [5.74, 6) is 0.274. The number of nitrogens with one attached hydrogen (secondary N) is 1. The van der Waals surface area contributed by atoms with Gasteiger partial charge in [-0.25, -0.2) is 4.98 Å². The van der Waals surface area contributed by atoms with Gasteiger partial charge in [0.2, 0.25) is 0 Å². The molecular formula is C24H29N5O2. The fraction of sp³-hybridized carbons (Fsp3) is 0.333. The zero-order valence-electron chi connectivity index (χ0n) is 18.3. The molecule has 1 aliphatic heterocycles. The number of anilines is 4. The minimum Gasteiger partial charge on any atom is -0.397 e. The summed E-state index contributed by atoms with van der Waals surface area (Å²) in [5, 5.41) is 3.17. The standard InChI is InChI=1S/C24H29N5O2/c1-16-6-4-7-19(17(16)2)21-15-28(3)24(30)23(27-21)26-18-8-9-22(20(25)14-18)29-10-5-12-31-13-11-29/h4,6-9,14-15H,5,10-13,25H2,1-3H3,(H,26,27). The topological polar surface area (TPSA) is 85.4 Å². The molecule has 0 saturated carbocycles. The highest BCUT2D eigenvalue weighted by molar-refractivity contribution is 5.75. The molecule has 0 radical (unpaired) electrons. The van der Waals surface area contributed by atoms with Gasteiger partial charge in [0, 0.05) is 44.2 Å². The number of benzene rings is 2. The molecule has 1 aromatic heterocycles. The molecule has 0 unspecified atom stereocenters. The summed E-state index contributed by atoms with van der Waals surface area (Å²) in [6.07, 6.45) is 2.75. The van der Waals surface area contributed by atoms with Gasteiger partial charge >= 0.3 is 0 Å².